The molecule has 1 aromatic rings. The van der Waals surface area contributed by atoms with Crippen molar-refractivity contribution in [1.29, 1.82) is 0 Å². The lowest BCUT2D eigenvalue weighted by atomic mass is 10.1. The summed E-state index contributed by atoms with van der Waals surface area (Å²) in [5, 5.41) is 3.36. The monoisotopic (exact) mass is 148 g/mol. The Hall–Kier alpha value is -1.05. The van der Waals surface area contributed by atoms with E-state index in [1.165, 1.54) is 30.5 Å². The number of aryl methyl sites for hydroxylation is 1. The molecule has 1 N–H and O–H groups in total. The van der Waals surface area contributed by atoms with Gasteiger partial charge in [-0.1, -0.05) is 0 Å². The maximum atomic E-state index is 4.08. The van der Waals surface area contributed by atoms with Crippen molar-refractivity contribution in [2.24, 2.45) is 0 Å². The first kappa shape index (κ1) is 6.65. The molecule has 1 aliphatic rings. The zero-order chi connectivity index (χ0) is 7.52. The van der Waals surface area contributed by atoms with Gasteiger partial charge in [-0.3, -0.25) is 4.98 Å². The maximum absolute atomic E-state index is 4.08. The second kappa shape index (κ2) is 2.91. The zero-order valence-electron chi connectivity index (χ0n) is 6.51. The summed E-state index contributed by atoms with van der Waals surface area (Å²) in [6, 6.07) is 2.10. The van der Waals surface area contributed by atoms with Gasteiger partial charge in [0.05, 0.1) is 11.9 Å². The fraction of sp³-hybridized carbons (Fsp3) is 0.444. The van der Waals surface area contributed by atoms with Crippen LogP contribution in [-0.2, 0) is 6.42 Å². The molecule has 0 bridgehead atoms. The van der Waals surface area contributed by atoms with Gasteiger partial charge in [-0.05, 0) is 30.9 Å². The quantitative estimate of drug-likeness (QED) is 0.607. The molecule has 0 amide bonds. The minimum Gasteiger partial charge on any atom is -0.384 e. The van der Waals surface area contributed by atoms with Crippen LogP contribution >= 0.6 is 0 Å². The molecule has 0 spiro atoms. The van der Waals surface area contributed by atoms with Crippen molar-refractivity contribution in [3.8, 4) is 0 Å². The van der Waals surface area contributed by atoms with E-state index in [0.717, 1.165) is 6.54 Å². The van der Waals surface area contributed by atoms with E-state index < -0.39 is 0 Å². The number of anilines is 1. The molecule has 0 saturated carbocycles. The van der Waals surface area contributed by atoms with E-state index in [9.17, 15) is 0 Å². The van der Waals surface area contributed by atoms with Crippen LogP contribution in [0, 0.1) is 0 Å². The normalized spacial score (nSPS) is 16.4. The molecule has 0 unspecified atom stereocenters. The van der Waals surface area contributed by atoms with E-state index in [-0.39, 0.29) is 0 Å². The average molecular weight is 148 g/mol. The van der Waals surface area contributed by atoms with Gasteiger partial charge in [0.15, 0.2) is 0 Å². The van der Waals surface area contributed by atoms with Crippen molar-refractivity contribution in [2.45, 2.75) is 19.3 Å². The van der Waals surface area contributed by atoms with Crippen LogP contribution in [0.5, 0.6) is 0 Å². The summed E-state index contributed by atoms with van der Waals surface area (Å²) in [7, 11) is 0. The van der Waals surface area contributed by atoms with Gasteiger partial charge in [0.25, 0.3) is 0 Å². The summed E-state index contributed by atoms with van der Waals surface area (Å²) in [5.74, 6) is 0. The second-order valence-electron chi connectivity index (χ2n) is 2.92. The van der Waals surface area contributed by atoms with Crippen LogP contribution in [0.3, 0.4) is 0 Å². The Morgan fingerprint density at radius 1 is 1.36 bits per heavy atom. The van der Waals surface area contributed by atoms with E-state index in [2.05, 4.69) is 16.4 Å². The van der Waals surface area contributed by atoms with Crippen molar-refractivity contribution < 1.29 is 0 Å². The molecule has 0 atom stereocenters. The Bertz CT molecular complexity index is 220. The van der Waals surface area contributed by atoms with E-state index >= 15 is 0 Å². The van der Waals surface area contributed by atoms with Crippen LogP contribution in [0.4, 0.5) is 5.69 Å². The standard InChI is InChI=1S/C9H12N2/c1-2-5-11-9-7-10-6-4-8(9)3-1/h4,6-7,11H,1-3,5H2. The number of hydrogen-bond donors (Lipinski definition) is 1. The topological polar surface area (TPSA) is 24.9 Å². The van der Waals surface area contributed by atoms with Gasteiger partial charge in [-0.2, -0.15) is 0 Å². The summed E-state index contributed by atoms with van der Waals surface area (Å²) in [6.45, 7) is 1.10. The molecule has 11 heavy (non-hydrogen) atoms. The number of rotatable bonds is 0. The van der Waals surface area contributed by atoms with Gasteiger partial charge >= 0.3 is 0 Å². The SMILES string of the molecule is c1cc2c(cn1)NCCCC2. The first-order valence-corrected chi connectivity index (χ1v) is 4.13. The first-order chi connectivity index (χ1) is 5.47. The first-order valence-electron chi connectivity index (χ1n) is 4.13. The maximum Gasteiger partial charge on any atom is 0.0559 e. The Morgan fingerprint density at radius 3 is 3.36 bits per heavy atom. The van der Waals surface area contributed by atoms with Gasteiger partial charge in [0.2, 0.25) is 0 Å². The molecule has 2 heterocycles. The van der Waals surface area contributed by atoms with Crippen LogP contribution in [0.2, 0.25) is 0 Å². The minimum atomic E-state index is 1.10. The predicted octanol–water partition coefficient (Wildman–Crippen LogP) is 1.83. The van der Waals surface area contributed by atoms with Crippen LogP contribution in [0.1, 0.15) is 18.4 Å². The predicted molar refractivity (Wildman–Crippen MR) is 45.7 cm³/mol. The summed E-state index contributed by atoms with van der Waals surface area (Å²) in [4.78, 5) is 4.08. The molecule has 0 aromatic carbocycles. The Morgan fingerprint density at radius 2 is 2.36 bits per heavy atom. The highest BCUT2D eigenvalue weighted by Crippen LogP contribution is 2.18. The summed E-state index contributed by atoms with van der Waals surface area (Å²) < 4.78 is 0. The summed E-state index contributed by atoms with van der Waals surface area (Å²) in [6.07, 6.45) is 7.55. The van der Waals surface area contributed by atoms with Crippen LogP contribution in [-0.4, -0.2) is 11.5 Å². The van der Waals surface area contributed by atoms with Gasteiger partial charge in [-0.15, -0.1) is 0 Å². The molecule has 2 rings (SSSR count). The van der Waals surface area contributed by atoms with Crippen molar-refractivity contribution >= 4 is 5.69 Å². The van der Waals surface area contributed by atoms with E-state index in [0.29, 0.717) is 0 Å². The average Bonchev–Trinajstić information content (AvgIpc) is 2.28. The van der Waals surface area contributed by atoms with Gasteiger partial charge in [-0.25, -0.2) is 0 Å². The van der Waals surface area contributed by atoms with E-state index in [1.54, 1.807) is 0 Å². The molecule has 0 fully saturated rings. The fourth-order valence-corrected chi connectivity index (χ4v) is 1.46. The smallest absolute Gasteiger partial charge is 0.0559 e. The highest BCUT2D eigenvalue weighted by Gasteiger charge is 2.04. The minimum absolute atomic E-state index is 1.10. The second-order valence-corrected chi connectivity index (χ2v) is 2.92. The molecule has 58 valence electrons. The molecule has 1 aromatic heterocycles. The molecule has 2 nitrogen and oxygen atoms in total. The molecular weight excluding hydrogens is 136 g/mol. The lowest BCUT2D eigenvalue weighted by molar-refractivity contribution is 0.785. The molecule has 1 aliphatic heterocycles. The van der Waals surface area contributed by atoms with Crippen molar-refractivity contribution in [1.82, 2.24) is 4.98 Å². The lowest BCUT2D eigenvalue weighted by Gasteiger charge is -2.04. The number of hydrogen-bond acceptors (Lipinski definition) is 2. The van der Waals surface area contributed by atoms with Crippen molar-refractivity contribution in [2.75, 3.05) is 11.9 Å². The highest BCUT2D eigenvalue weighted by molar-refractivity contribution is 5.49. The number of fused-ring (bicyclic) bond motifs is 1. The largest absolute Gasteiger partial charge is 0.384 e. The van der Waals surface area contributed by atoms with E-state index in [4.69, 9.17) is 0 Å². The van der Waals surface area contributed by atoms with Crippen molar-refractivity contribution in [3.05, 3.63) is 24.0 Å². The van der Waals surface area contributed by atoms with Gasteiger partial charge in [0, 0.05) is 12.7 Å². The summed E-state index contributed by atoms with van der Waals surface area (Å²) >= 11 is 0. The number of nitrogens with one attached hydrogen (secondary N) is 1. The molecular formula is C9H12N2. The van der Waals surface area contributed by atoms with E-state index in [1.807, 2.05) is 12.4 Å². The molecule has 0 radical (unpaired) electrons. The molecule has 2 heteroatoms. The lowest BCUT2D eigenvalue weighted by Crippen LogP contribution is -1.99. The third-order valence-corrected chi connectivity index (χ3v) is 2.10. The van der Waals surface area contributed by atoms with Gasteiger partial charge < -0.3 is 5.32 Å². The number of nitrogens with zero attached hydrogens (tertiary/aromatic N) is 1. The third kappa shape index (κ3) is 1.34. The Balaban J connectivity index is 2.33. The van der Waals surface area contributed by atoms with Crippen LogP contribution in [0.25, 0.3) is 0 Å². The van der Waals surface area contributed by atoms with Crippen LogP contribution in [0.15, 0.2) is 18.5 Å². The zero-order valence-corrected chi connectivity index (χ0v) is 6.51. The number of aromatic nitrogens is 1. The Labute approximate surface area is 66.7 Å². The van der Waals surface area contributed by atoms with Crippen molar-refractivity contribution in [3.63, 3.8) is 0 Å². The molecule has 0 aliphatic carbocycles. The number of pyridine rings is 1. The fourth-order valence-electron chi connectivity index (χ4n) is 1.46. The third-order valence-electron chi connectivity index (χ3n) is 2.10. The van der Waals surface area contributed by atoms with Crippen LogP contribution < -0.4 is 5.32 Å². The summed E-state index contributed by atoms with van der Waals surface area (Å²) in [5.41, 5.74) is 2.64. The van der Waals surface area contributed by atoms with Gasteiger partial charge in [0.1, 0.15) is 0 Å². The highest BCUT2D eigenvalue weighted by atomic mass is 14.9. The molecule has 0 saturated heterocycles. The Kier molecular flexibility index (Phi) is 1.76.